The molecule has 0 heterocycles. The highest BCUT2D eigenvalue weighted by atomic mass is 16.7. The van der Waals surface area contributed by atoms with Crippen molar-refractivity contribution in [3.05, 3.63) is 0 Å². The van der Waals surface area contributed by atoms with Gasteiger partial charge >= 0.3 is 6.16 Å². The van der Waals surface area contributed by atoms with Crippen molar-refractivity contribution in [2.24, 2.45) is 0 Å². The van der Waals surface area contributed by atoms with Gasteiger partial charge in [-0.25, -0.2) is 4.79 Å². The third-order valence-electron chi connectivity index (χ3n) is 3.93. The first kappa shape index (κ1) is 21.8. The van der Waals surface area contributed by atoms with Crippen LogP contribution in [0, 0.1) is 12.3 Å². The molecule has 0 amide bonds. The third kappa shape index (κ3) is 18.8. The van der Waals surface area contributed by atoms with E-state index in [2.05, 4.69) is 12.8 Å². The Morgan fingerprint density at radius 1 is 0.739 bits per heavy atom. The summed E-state index contributed by atoms with van der Waals surface area (Å²) in [7, 11) is 0. The molecule has 0 aliphatic heterocycles. The quantitative estimate of drug-likeness (QED) is 0.191. The molecule has 0 atom stereocenters. The Bertz CT molecular complexity index is 294. The lowest BCUT2D eigenvalue weighted by Gasteiger charge is -2.05. The maximum atomic E-state index is 11.1. The number of carbonyl (C=O) groups is 1. The van der Waals surface area contributed by atoms with Crippen molar-refractivity contribution in [1.82, 2.24) is 0 Å². The van der Waals surface area contributed by atoms with Crippen LogP contribution in [0.15, 0.2) is 0 Å². The van der Waals surface area contributed by atoms with E-state index in [4.69, 9.17) is 15.9 Å². The fourth-order valence-electron chi connectivity index (χ4n) is 2.51. The van der Waals surface area contributed by atoms with Gasteiger partial charge in [0.25, 0.3) is 0 Å². The molecule has 0 saturated heterocycles. The largest absolute Gasteiger partial charge is 0.508 e. The molecule has 0 rings (SSSR count). The van der Waals surface area contributed by atoms with Crippen molar-refractivity contribution in [2.75, 3.05) is 13.2 Å². The standard InChI is InChI=1S/C20H36O3/c1-3-5-7-8-9-10-11-12-13-14-15-16-17-19-23-20(21)22-18-6-4-2/h2H,3,5-19H2,1H3. The SMILES string of the molecule is C#CCCOC(=O)OCCCCCCCCCCCCCCC. The van der Waals surface area contributed by atoms with Gasteiger partial charge in [-0.2, -0.15) is 0 Å². The molecule has 3 nitrogen and oxygen atoms in total. The number of terminal acetylenes is 1. The predicted octanol–water partition coefficient (Wildman–Crippen LogP) is 6.25. The summed E-state index contributed by atoms with van der Waals surface area (Å²) in [6, 6.07) is 0. The van der Waals surface area contributed by atoms with Crippen molar-refractivity contribution in [1.29, 1.82) is 0 Å². The highest BCUT2D eigenvalue weighted by Crippen LogP contribution is 2.12. The van der Waals surface area contributed by atoms with Gasteiger partial charge in [0.15, 0.2) is 0 Å². The van der Waals surface area contributed by atoms with E-state index in [1.807, 2.05) is 0 Å². The predicted molar refractivity (Wildman–Crippen MR) is 96.4 cm³/mol. The maximum absolute atomic E-state index is 11.1. The van der Waals surface area contributed by atoms with Crippen LogP contribution < -0.4 is 0 Å². The van der Waals surface area contributed by atoms with E-state index in [9.17, 15) is 4.79 Å². The second kappa shape index (κ2) is 18.9. The smallest absolute Gasteiger partial charge is 0.434 e. The molecular weight excluding hydrogens is 288 g/mol. The first-order valence-corrected chi connectivity index (χ1v) is 9.54. The van der Waals surface area contributed by atoms with Gasteiger partial charge in [-0.3, -0.25) is 0 Å². The van der Waals surface area contributed by atoms with Gasteiger partial charge in [-0.15, -0.1) is 12.3 Å². The monoisotopic (exact) mass is 324 g/mol. The number of unbranched alkanes of at least 4 members (excludes halogenated alkanes) is 12. The van der Waals surface area contributed by atoms with Crippen molar-refractivity contribution in [3.63, 3.8) is 0 Å². The molecular formula is C20H36O3. The minimum absolute atomic E-state index is 0.244. The van der Waals surface area contributed by atoms with Gasteiger partial charge in [-0.1, -0.05) is 84.0 Å². The van der Waals surface area contributed by atoms with Gasteiger partial charge in [-0.05, 0) is 6.42 Å². The lowest BCUT2D eigenvalue weighted by Crippen LogP contribution is -2.09. The summed E-state index contributed by atoms with van der Waals surface area (Å²) in [5.74, 6) is 2.41. The van der Waals surface area contributed by atoms with Crippen LogP contribution in [0.1, 0.15) is 96.8 Å². The summed E-state index contributed by atoms with van der Waals surface area (Å²) in [4.78, 5) is 11.1. The fourth-order valence-corrected chi connectivity index (χ4v) is 2.51. The van der Waals surface area contributed by atoms with Gasteiger partial charge in [0.05, 0.1) is 6.61 Å². The number of rotatable bonds is 16. The van der Waals surface area contributed by atoms with Crippen LogP contribution in [0.5, 0.6) is 0 Å². The second-order valence-corrected chi connectivity index (χ2v) is 6.14. The molecule has 0 aromatic rings. The second-order valence-electron chi connectivity index (χ2n) is 6.14. The van der Waals surface area contributed by atoms with Crippen LogP contribution in [-0.2, 0) is 9.47 Å². The Morgan fingerprint density at radius 2 is 1.17 bits per heavy atom. The molecule has 0 N–H and O–H groups in total. The Morgan fingerprint density at radius 3 is 1.65 bits per heavy atom. The summed E-state index contributed by atoms with van der Waals surface area (Å²) >= 11 is 0. The number of hydrogen-bond acceptors (Lipinski definition) is 3. The van der Waals surface area contributed by atoms with Crippen LogP contribution in [0.3, 0.4) is 0 Å². The summed E-state index contributed by atoms with van der Waals surface area (Å²) < 4.78 is 9.75. The summed E-state index contributed by atoms with van der Waals surface area (Å²) in [5, 5.41) is 0. The van der Waals surface area contributed by atoms with E-state index >= 15 is 0 Å². The van der Waals surface area contributed by atoms with Gasteiger partial charge < -0.3 is 9.47 Å². The number of carbonyl (C=O) groups excluding carboxylic acids is 1. The Kier molecular flexibility index (Phi) is 17.9. The van der Waals surface area contributed by atoms with Gasteiger partial charge in [0.1, 0.15) is 6.61 Å². The van der Waals surface area contributed by atoms with Crippen LogP contribution in [0.25, 0.3) is 0 Å². The zero-order chi connectivity index (χ0) is 17.0. The number of ether oxygens (including phenoxy) is 2. The van der Waals surface area contributed by atoms with Crippen LogP contribution in [0.4, 0.5) is 4.79 Å². The lowest BCUT2D eigenvalue weighted by atomic mass is 10.0. The molecule has 0 aliphatic rings. The zero-order valence-corrected chi connectivity index (χ0v) is 15.1. The number of hydrogen-bond donors (Lipinski definition) is 0. The van der Waals surface area contributed by atoms with Crippen molar-refractivity contribution < 1.29 is 14.3 Å². The minimum Gasteiger partial charge on any atom is -0.434 e. The molecule has 0 saturated carbocycles. The molecule has 0 spiro atoms. The molecule has 0 radical (unpaired) electrons. The average molecular weight is 325 g/mol. The van der Waals surface area contributed by atoms with Gasteiger partial charge in [0, 0.05) is 6.42 Å². The minimum atomic E-state index is -0.598. The molecule has 0 aliphatic carbocycles. The van der Waals surface area contributed by atoms with E-state index < -0.39 is 6.16 Å². The van der Waals surface area contributed by atoms with Crippen LogP contribution in [0.2, 0.25) is 0 Å². The normalized spacial score (nSPS) is 10.3. The molecule has 0 bridgehead atoms. The molecule has 0 aromatic heterocycles. The highest BCUT2D eigenvalue weighted by molar-refractivity contribution is 5.59. The first-order chi connectivity index (χ1) is 11.3. The van der Waals surface area contributed by atoms with E-state index in [-0.39, 0.29) is 6.61 Å². The maximum Gasteiger partial charge on any atom is 0.508 e. The first-order valence-electron chi connectivity index (χ1n) is 9.54. The highest BCUT2D eigenvalue weighted by Gasteiger charge is 2.02. The van der Waals surface area contributed by atoms with Crippen molar-refractivity contribution >= 4 is 6.16 Å². The molecule has 0 aromatic carbocycles. The molecule has 0 unspecified atom stereocenters. The third-order valence-corrected chi connectivity index (χ3v) is 3.93. The fraction of sp³-hybridized carbons (Fsp3) is 0.850. The van der Waals surface area contributed by atoms with E-state index in [0.717, 1.165) is 12.8 Å². The molecule has 23 heavy (non-hydrogen) atoms. The van der Waals surface area contributed by atoms with E-state index in [0.29, 0.717) is 13.0 Å². The Labute approximate surface area is 143 Å². The van der Waals surface area contributed by atoms with Gasteiger partial charge in [0.2, 0.25) is 0 Å². The summed E-state index contributed by atoms with van der Waals surface area (Å²) in [6.07, 6.45) is 21.9. The topological polar surface area (TPSA) is 35.5 Å². The van der Waals surface area contributed by atoms with E-state index in [1.165, 1.54) is 70.6 Å². The van der Waals surface area contributed by atoms with E-state index in [1.54, 1.807) is 0 Å². The summed E-state index contributed by atoms with van der Waals surface area (Å²) in [6.45, 7) is 2.96. The van der Waals surface area contributed by atoms with Crippen LogP contribution >= 0.6 is 0 Å². The molecule has 0 fully saturated rings. The van der Waals surface area contributed by atoms with Crippen LogP contribution in [-0.4, -0.2) is 19.4 Å². The summed E-state index contributed by atoms with van der Waals surface area (Å²) in [5.41, 5.74) is 0. The zero-order valence-electron chi connectivity index (χ0n) is 15.1. The average Bonchev–Trinajstić information content (AvgIpc) is 2.55. The van der Waals surface area contributed by atoms with Crippen molar-refractivity contribution in [2.45, 2.75) is 96.8 Å². The molecule has 134 valence electrons. The Balaban J connectivity index is 3.08. The lowest BCUT2D eigenvalue weighted by molar-refractivity contribution is 0.0556. The Hall–Kier alpha value is -1.17. The molecule has 3 heteroatoms. The van der Waals surface area contributed by atoms with Crippen molar-refractivity contribution in [3.8, 4) is 12.3 Å².